The standard InChI is InChI=1S/C26H26ClN3O5S/c1-30(2)16-24(31)28-21-5-3-4-19(14-21)23-15-26(23,25(32)33)29-36(34,35)22-12-8-18(9-13-22)17-6-10-20(27)11-7-17/h3-14,23,29H,15-16H2,1-2H3,(H,28,31)(H,32,33). The highest BCUT2D eigenvalue weighted by molar-refractivity contribution is 7.89. The summed E-state index contributed by atoms with van der Waals surface area (Å²) in [6.45, 7) is 0.198. The summed E-state index contributed by atoms with van der Waals surface area (Å²) in [6.07, 6.45) is 0.0967. The molecular weight excluding hydrogens is 502 g/mol. The molecule has 0 saturated heterocycles. The quantitative estimate of drug-likeness (QED) is 0.390. The van der Waals surface area contributed by atoms with Crippen molar-refractivity contribution in [3.63, 3.8) is 0 Å². The molecule has 36 heavy (non-hydrogen) atoms. The van der Waals surface area contributed by atoms with Gasteiger partial charge in [-0.05, 0) is 73.6 Å². The van der Waals surface area contributed by atoms with Crippen molar-refractivity contribution < 1.29 is 23.1 Å². The van der Waals surface area contributed by atoms with Gasteiger partial charge in [-0.3, -0.25) is 9.59 Å². The molecule has 2 unspecified atom stereocenters. The highest BCUT2D eigenvalue weighted by atomic mass is 35.5. The predicted octanol–water partition coefficient (Wildman–Crippen LogP) is 3.80. The maximum atomic E-state index is 13.1. The van der Waals surface area contributed by atoms with Gasteiger partial charge in [0.1, 0.15) is 5.54 Å². The molecule has 1 amide bonds. The monoisotopic (exact) mass is 527 g/mol. The third-order valence-corrected chi connectivity index (χ3v) is 7.81. The van der Waals surface area contributed by atoms with Crippen LogP contribution in [0, 0.1) is 0 Å². The Balaban J connectivity index is 1.52. The largest absolute Gasteiger partial charge is 0.480 e. The molecule has 0 aromatic heterocycles. The van der Waals surface area contributed by atoms with E-state index in [4.69, 9.17) is 11.6 Å². The van der Waals surface area contributed by atoms with Gasteiger partial charge < -0.3 is 15.3 Å². The summed E-state index contributed by atoms with van der Waals surface area (Å²) >= 11 is 5.93. The van der Waals surface area contributed by atoms with Crippen LogP contribution in [0.5, 0.6) is 0 Å². The molecule has 0 bridgehead atoms. The van der Waals surface area contributed by atoms with Crippen molar-refractivity contribution in [2.75, 3.05) is 26.0 Å². The van der Waals surface area contributed by atoms with E-state index in [9.17, 15) is 23.1 Å². The zero-order chi connectivity index (χ0) is 26.1. The first-order valence-electron chi connectivity index (χ1n) is 11.2. The number of carboxylic acid groups (broad SMARTS) is 1. The molecule has 0 radical (unpaired) electrons. The SMILES string of the molecule is CN(C)CC(=O)Nc1cccc(C2CC2(NS(=O)(=O)c2ccc(-c3ccc(Cl)cc3)cc2)C(=O)O)c1. The molecule has 3 aromatic carbocycles. The van der Waals surface area contributed by atoms with Gasteiger partial charge in [0.15, 0.2) is 0 Å². The van der Waals surface area contributed by atoms with E-state index in [2.05, 4.69) is 10.0 Å². The summed E-state index contributed by atoms with van der Waals surface area (Å²) < 4.78 is 28.7. The average Bonchev–Trinajstić information content (AvgIpc) is 3.54. The lowest BCUT2D eigenvalue weighted by molar-refractivity contribution is -0.140. The lowest BCUT2D eigenvalue weighted by atomic mass is 10.1. The minimum absolute atomic E-state index is 0.0313. The molecule has 3 N–H and O–H groups in total. The molecule has 2 atom stereocenters. The Morgan fingerprint density at radius 1 is 1.03 bits per heavy atom. The summed E-state index contributed by atoms with van der Waals surface area (Å²) in [5.74, 6) is -2.04. The molecule has 0 aliphatic heterocycles. The second-order valence-electron chi connectivity index (χ2n) is 9.08. The molecular formula is C26H26ClN3O5S. The van der Waals surface area contributed by atoms with Crippen molar-refractivity contribution in [2.45, 2.75) is 22.8 Å². The molecule has 1 saturated carbocycles. The van der Waals surface area contributed by atoms with Crippen molar-refractivity contribution >= 4 is 39.2 Å². The summed E-state index contributed by atoms with van der Waals surface area (Å²) in [4.78, 5) is 26.0. The number of nitrogens with zero attached hydrogens (tertiary/aromatic N) is 1. The molecule has 10 heteroatoms. The number of benzene rings is 3. The Kier molecular flexibility index (Phi) is 7.19. The van der Waals surface area contributed by atoms with Crippen LogP contribution in [0.25, 0.3) is 11.1 Å². The number of sulfonamides is 1. The number of amides is 1. The third-order valence-electron chi connectivity index (χ3n) is 6.03. The minimum Gasteiger partial charge on any atom is -0.480 e. The first-order valence-corrected chi connectivity index (χ1v) is 13.0. The minimum atomic E-state index is -4.12. The smallest absolute Gasteiger partial charge is 0.325 e. The first-order chi connectivity index (χ1) is 17.0. The van der Waals surface area contributed by atoms with Crippen LogP contribution in [-0.2, 0) is 19.6 Å². The Morgan fingerprint density at radius 2 is 1.64 bits per heavy atom. The lowest BCUT2D eigenvalue weighted by Gasteiger charge is -2.16. The Labute approximate surface area is 215 Å². The van der Waals surface area contributed by atoms with E-state index in [1.807, 2.05) is 12.1 Å². The van der Waals surface area contributed by atoms with E-state index in [-0.39, 0.29) is 23.8 Å². The number of halogens is 1. The highest BCUT2D eigenvalue weighted by Crippen LogP contribution is 2.52. The number of carbonyl (C=O) groups excluding carboxylic acids is 1. The molecule has 8 nitrogen and oxygen atoms in total. The molecule has 0 heterocycles. The van der Waals surface area contributed by atoms with Gasteiger partial charge in [-0.2, -0.15) is 4.72 Å². The van der Waals surface area contributed by atoms with Gasteiger partial charge in [0.2, 0.25) is 15.9 Å². The van der Waals surface area contributed by atoms with Crippen LogP contribution in [0.2, 0.25) is 5.02 Å². The molecule has 1 aliphatic carbocycles. The van der Waals surface area contributed by atoms with Gasteiger partial charge in [-0.1, -0.05) is 48.0 Å². The second kappa shape index (κ2) is 10.0. The number of aliphatic carboxylic acids is 1. The lowest BCUT2D eigenvalue weighted by Crippen LogP contribution is -2.44. The summed E-state index contributed by atoms with van der Waals surface area (Å²) in [7, 11) is -0.564. The van der Waals surface area contributed by atoms with Crippen LogP contribution >= 0.6 is 11.6 Å². The van der Waals surface area contributed by atoms with Gasteiger partial charge in [0.25, 0.3) is 0 Å². The van der Waals surface area contributed by atoms with Crippen molar-refractivity contribution in [3.05, 3.63) is 83.4 Å². The van der Waals surface area contributed by atoms with Gasteiger partial charge in [-0.25, -0.2) is 8.42 Å². The van der Waals surface area contributed by atoms with Crippen molar-refractivity contribution in [2.24, 2.45) is 0 Å². The summed E-state index contributed by atoms with van der Waals surface area (Å²) in [5, 5.41) is 13.3. The molecule has 1 aliphatic rings. The second-order valence-corrected chi connectivity index (χ2v) is 11.2. The number of carbonyl (C=O) groups is 2. The van der Waals surface area contributed by atoms with E-state index < -0.39 is 27.4 Å². The number of carboxylic acids is 1. The maximum absolute atomic E-state index is 13.1. The van der Waals surface area contributed by atoms with Crippen LogP contribution < -0.4 is 10.0 Å². The fraction of sp³-hybridized carbons (Fsp3) is 0.231. The molecule has 4 rings (SSSR count). The Hall–Kier alpha value is -3.24. The fourth-order valence-electron chi connectivity index (χ4n) is 4.15. The number of hydrogen-bond acceptors (Lipinski definition) is 5. The fourth-order valence-corrected chi connectivity index (χ4v) is 5.68. The van der Waals surface area contributed by atoms with Crippen LogP contribution in [-0.4, -0.2) is 56.5 Å². The van der Waals surface area contributed by atoms with E-state index in [1.54, 1.807) is 67.5 Å². The summed E-state index contributed by atoms with van der Waals surface area (Å²) in [6, 6.07) is 20.2. The number of rotatable bonds is 9. The van der Waals surface area contributed by atoms with Crippen molar-refractivity contribution in [1.29, 1.82) is 0 Å². The number of likely N-dealkylation sites (N-methyl/N-ethyl adjacent to an activating group) is 1. The molecule has 188 valence electrons. The zero-order valence-electron chi connectivity index (χ0n) is 19.7. The van der Waals surface area contributed by atoms with Crippen LogP contribution in [0.1, 0.15) is 17.9 Å². The van der Waals surface area contributed by atoms with Crippen LogP contribution in [0.3, 0.4) is 0 Å². The van der Waals surface area contributed by atoms with Crippen LogP contribution in [0.15, 0.2) is 77.7 Å². The number of hydrogen-bond donors (Lipinski definition) is 3. The Bertz CT molecular complexity index is 1390. The van der Waals surface area contributed by atoms with Gasteiger partial charge in [0, 0.05) is 16.6 Å². The van der Waals surface area contributed by atoms with Crippen molar-refractivity contribution in [3.8, 4) is 11.1 Å². The molecule has 3 aromatic rings. The van der Waals surface area contributed by atoms with Gasteiger partial charge >= 0.3 is 5.97 Å². The predicted molar refractivity (Wildman–Crippen MR) is 139 cm³/mol. The number of nitrogens with one attached hydrogen (secondary N) is 2. The highest BCUT2D eigenvalue weighted by Gasteiger charge is 2.63. The van der Waals surface area contributed by atoms with E-state index in [0.717, 1.165) is 11.1 Å². The Morgan fingerprint density at radius 3 is 2.22 bits per heavy atom. The van der Waals surface area contributed by atoms with Gasteiger partial charge in [0.05, 0.1) is 11.4 Å². The first kappa shape index (κ1) is 25.8. The molecule has 1 fully saturated rings. The summed E-state index contributed by atoms with van der Waals surface area (Å²) in [5.41, 5.74) is 1.15. The third kappa shape index (κ3) is 5.60. The topological polar surface area (TPSA) is 116 Å². The van der Waals surface area contributed by atoms with E-state index >= 15 is 0 Å². The van der Waals surface area contributed by atoms with Crippen molar-refractivity contribution in [1.82, 2.24) is 9.62 Å². The van der Waals surface area contributed by atoms with E-state index in [1.165, 1.54) is 12.1 Å². The van der Waals surface area contributed by atoms with E-state index in [0.29, 0.717) is 16.3 Å². The normalized spacial score (nSPS) is 19.2. The van der Waals surface area contributed by atoms with Gasteiger partial charge in [-0.15, -0.1) is 0 Å². The molecule has 0 spiro atoms. The maximum Gasteiger partial charge on any atom is 0.325 e. The average molecular weight is 528 g/mol. The number of anilines is 1. The zero-order valence-corrected chi connectivity index (χ0v) is 21.3. The van der Waals surface area contributed by atoms with Crippen LogP contribution in [0.4, 0.5) is 5.69 Å².